The van der Waals surface area contributed by atoms with Gasteiger partial charge in [-0.3, -0.25) is 0 Å². The van der Waals surface area contributed by atoms with E-state index in [1.165, 1.54) is 0 Å². The van der Waals surface area contributed by atoms with Crippen LogP contribution in [0.1, 0.15) is 25.3 Å². The average Bonchev–Trinajstić information content (AvgIpc) is 3.14. The van der Waals surface area contributed by atoms with Crippen LogP contribution < -0.4 is 5.73 Å². The molecule has 0 unspecified atom stereocenters. The number of rotatable bonds is 3. The largest absolute Gasteiger partial charge is 0.390 e. The summed E-state index contributed by atoms with van der Waals surface area (Å²) in [6.45, 7) is 1.84. The summed E-state index contributed by atoms with van der Waals surface area (Å²) in [5, 5.41) is 14.4. The van der Waals surface area contributed by atoms with Crippen LogP contribution in [-0.4, -0.2) is 25.3 Å². The van der Waals surface area contributed by atoms with E-state index in [1.54, 1.807) is 10.7 Å². The SMILES string of the molecule is CC1(O)CC(N)(c2ccc(-c3nc4ccnn4cc3-c3ccccc3)cc2)C1. The van der Waals surface area contributed by atoms with Gasteiger partial charge in [-0.25, -0.2) is 9.50 Å². The molecule has 0 atom stereocenters. The van der Waals surface area contributed by atoms with E-state index in [0.717, 1.165) is 33.6 Å². The second kappa shape index (κ2) is 5.99. The first-order chi connectivity index (χ1) is 13.4. The number of fused-ring (bicyclic) bond motifs is 1. The second-order valence-corrected chi connectivity index (χ2v) is 8.09. The Morgan fingerprint density at radius 2 is 1.68 bits per heavy atom. The van der Waals surface area contributed by atoms with Gasteiger partial charge in [-0.15, -0.1) is 0 Å². The zero-order chi connectivity index (χ0) is 19.4. The van der Waals surface area contributed by atoms with Crippen molar-refractivity contribution in [2.75, 3.05) is 0 Å². The molecule has 140 valence electrons. The number of aromatic nitrogens is 3. The predicted molar refractivity (Wildman–Crippen MR) is 110 cm³/mol. The molecule has 0 amide bonds. The maximum atomic E-state index is 10.1. The van der Waals surface area contributed by atoms with Crippen molar-refractivity contribution < 1.29 is 5.11 Å². The van der Waals surface area contributed by atoms with Crippen LogP contribution in [0, 0.1) is 0 Å². The van der Waals surface area contributed by atoms with E-state index >= 15 is 0 Å². The number of aliphatic hydroxyl groups is 1. The maximum absolute atomic E-state index is 10.1. The molecule has 5 nitrogen and oxygen atoms in total. The van der Waals surface area contributed by atoms with Gasteiger partial charge in [0.05, 0.1) is 17.5 Å². The molecule has 2 aromatic carbocycles. The number of benzene rings is 2. The summed E-state index contributed by atoms with van der Waals surface area (Å²) >= 11 is 0. The third-order valence-electron chi connectivity index (χ3n) is 5.59. The summed E-state index contributed by atoms with van der Waals surface area (Å²) < 4.78 is 1.80. The van der Waals surface area contributed by atoms with Crippen LogP contribution >= 0.6 is 0 Å². The summed E-state index contributed by atoms with van der Waals surface area (Å²) in [5.41, 5.74) is 11.3. The Hall–Kier alpha value is -3.02. The minimum atomic E-state index is -0.664. The van der Waals surface area contributed by atoms with E-state index in [4.69, 9.17) is 10.7 Å². The van der Waals surface area contributed by atoms with Crippen LogP contribution in [0.2, 0.25) is 0 Å². The summed E-state index contributed by atoms with van der Waals surface area (Å²) in [6, 6.07) is 20.4. The summed E-state index contributed by atoms with van der Waals surface area (Å²) in [4.78, 5) is 4.86. The Morgan fingerprint density at radius 3 is 2.36 bits per heavy atom. The van der Waals surface area contributed by atoms with Gasteiger partial charge in [0.1, 0.15) is 0 Å². The lowest BCUT2D eigenvalue weighted by molar-refractivity contribution is -0.0738. The lowest BCUT2D eigenvalue weighted by Crippen LogP contribution is -2.58. The van der Waals surface area contributed by atoms with Crippen molar-refractivity contribution >= 4 is 5.65 Å². The van der Waals surface area contributed by atoms with Gasteiger partial charge in [0.25, 0.3) is 0 Å². The molecule has 2 aromatic heterocycles. The van der Waals surface area contributed by atoms with Gasteiger partial charge in [-0.2, -0.15) is 5.10 Å². The van der Waals surface area contributed by atoms with E-state index in [0.29, 0.717) is 12.8 Å². The first-order valence-electron chi connectivity index (χ1n) is 9.46. The third-order valence-corrected chi connectivity index (χ3v) is 5.59. The molecule has 1 aliphatic rings. The number of hydrogen-bond donors (Lipinski definition) is 2. The van der Waals surface area contributed by atoms with Crippen molar-refractivity contribution in [2.45, 2.75) is 30.9 Å². The van der Waals surface area contributed by atoms with Gasteiger partial charge in [0.15, 0.2) is 5.65 Å². The molecule has 0 aliphatic heterocycles. The molecule has 1 fully saturated rings. The van der Waals surface area contributed by atoms with Crippen molar-refractivity contribution in [3.63, 3.8) is 0 Å². The molecule has 5 heteroatoms. The highest BCUT2D eigenvalue weighted by Gasteiger charge is 2.49. The van der Waals surface area contributed by atoms with Gasteiger partial charge >= 0.3 is 0 Å². The minimum Gasteiger partial charge on any atom is -0.390 e. The van der Waals surface area contributed by atoms with Crippen molar-refractivity contribution in [3.05, 3.63) is 78.6 Å². The lowest BCUT2D eigenvalue weighted by Gasteiger charge is -2.49. The number of nitrogens with zero attached hydrogens (tertiary/aromatic N) is 3. The van der Waals surface area contributed by atoms with Gasteiger partial charge in [0.2, 0.25) is 0 Å². The first kappa shape index (κ1) is 17.1. The zero-order valence-electron chi connectivity index (χ0n) is 15.7. The monoisotopic (exact) mass is 370 g/mol. The molecule has 0 bridgehead atoms. The summed E-state index contributed by atoms with van der Waals surface area (Å²) in [7, 11) is 0. The summed E-state index contributed by atoms with van der Waals surface area (Å²) in [5.74, 6) is 0. The Labute approximate surface area is 163 Å². The standard InChI is InChI=1S/C23H22N4O/c1-22(28)14-23(24,15-22)18-9-7-17(8-10-18)21-19(16-5-3-2-4-6-16)13-27-20(26-21)11-12-25-27/h2-13,28H,14-15,24H2,1H3. The Balaban J connectivity index is 1.59. The molecule has 3 N–H and O–H groups in total. The van der Waals surface area contributed by atoms with Crippen LogP contribution in [0.5, 0.6) is 0 Å². The molecule has 5 rings (SSSR count). The van der Waals surface area contributed by atoms with E-state index < -0.39 is 11.1 Å². The highest BCUT2D eigenvalue weighted by atomic mass is 16.3. The van der Waals surface area contributed by atoms with Gasteiger partial charge in [-0.1, -0.05) is 54.6 Å². The Bertz CT molecular complexity index is 1140. The van der Waals surface area contributed by atoms with Crippen LogP contribution in [0.25, 0.3) is 28.0 Å². The number of hydrogen-bond acceptors (Lipinski definition) is 4. The van der Waals surface area contributed by atoms with Crippen molar-refractivity contribution in [3.8, 4) is 22.4 Å². The zero-order valence-corrected chi connectivity index (χ0v) is 15.7. The van der Waals surface area contributed by atoms with Crippen LogP contribution in [0.4, 0.5) is 0 Å². The molecule has 2 heterocycles. The van der Waals surface area contributed by atoms with Crippen LogP contribution in [0.15, 0.2) is 73.1 Å². The highest BCUT2D eigenvalue weighted by Crippen LogP contribution is 2.46. The van der Waals surface area contributed by atoms with Gasteiger partial charge < -0.3 is 10.8 Å². The fourth-order valence-corrected chi connectivity index (χ4v) is 4.37. The molecule has 1 aliphatic carbocycles. The fraction of sp³-hybridized carbons (Fsp3) is 0.217. The molecule has 1 saturated carbocycles. The van der Waals surface area contributed by atoms with Crippen LogP contribution in [0.3, 0.4) is 0 Å². The van der Waals surface area contributed by atoms with Gasteiger partial charge in [-0.05, 0) is 30.9 Å². The summed E-state index contributed by atoms with van der Waals surface area (Å²) in [6.07, 6.45) is 4.93. The van der Waals surface area contributed by atoms with E-state index in [2.05, 4.69) is 41.5 Å². The highest BCUT2D eigenvalue weighted by molar-refractivity contribution is 5.81. The Morgan fingerprint density at radius 1 is 0.964 bits per heavy atom. The number of nitrogens with two attached hydrogens (primary N) is 1. The average molecular weight is 370 g/mol. The van der Waals surface area contributed by atoms with Crippen molar-refractivity contribution in [1.82, 2.24) is 14.6 Å². The topological polar surface area (TPSA) is 76.4 Å². The molecular weight excluding hydrogens is 348 g/mol. The molecule has 0 spiro atoms. The predicted octanol–water partition coefficient (Wildman–Crippen LogP) is 3.76. The Kier molecular flexibility index (Phi) is 3.66. The van der Waals surface area contributed by atoms with E-state index in [1.807, 2.05) is 37.4 Å². The lowest BCUT2D eigenvalue weighted by atomic mass is 9.63. The van der Waals surface area contributed by atoms with Gasteiger partial charge in [0, 0.05) is 28.9 Å². The third kappa shape index (κ3) is 2.80. The smallest absolute Gasteiger partial charge is 0.155 e. The maximum Gasteiger partial charge on any atom is 0.155 e. The van der Waals surface area contributed by atoms with E-state index in [9.17, 15) is 5.11 Å². The normalized spacial score (nSPS) is 24.2. The molecule has 4 aromatic rings. The second-order valence-electron chi connectivity index (χ2n) is 8.09. The quantitative estimate of drug-likeness (QED) is 0.576. The minimum absolute atomic E-state index is 0.451. The fourth-order valence-electron chi connectivity index (χ4n) is 4.37. The van der Waals surface area contributed by atoms with E-state index in [-0.39, 0.29) is 0 Å². The van der Waals surface area contributed by atoms with Crippen molar-refractivity contribution in [1.29, 1.82) is 0 Å². The first-order valence-corrected chi connectivity index (χ1v) is 9.46. The van der Waals surface area contributed by atoms with Crippen LogP contribution in [-0.2, 0) is 5.54 Å². The molecule has 0 radical (unpaired) electrons. The molecule has 0 saturated heterocycles. The molecule has 28 heavy (non-hydrogen) atoms. The van der Waals surface area contributed by atoms with Crippen molar-refractivity contribution in [2.24, 2.45) is 5.73 Å². The molecular formula is C23H22N4O.